The first-order valence-corrected chi connectivity index (χ1v) is 5.73. The molecule has 0 spiro atoms. The summed E-state index contributed by atoms with van der Waals surface area (Å²) in [7, 11) is 0. The first kappa shape index (κ1) is 11.6. The van der Waals surface area contributed by atoms with Gasteiger partial charge in [0.15, 0.2) is 0 Å². The summed E-state index contributed by atoms with van der Waals surface area (Å²) in [5.74, 6) is 0.901. The van der Waals surface area contributed by atoms with Crippen LogP contribution < -0.4 is 0 Å². The van der Waals surface area contributed by atoms with E-state index >= 15 is 0 Å². The molecule has 1 atom stereocenters. The second-order valence-electron chi connectivity index (χ2n) is 4.02. The lowest BCUT2D eigenvalue weighted by Crippen LogP contribution is -2.11. The topological polar surface area (TPSA) is 43.1 Å². The van der Waals surface area contributed by atoms with Gasteiger partial charge in [-0.15, -0.1) is 0 Å². The number of carbonyl (C=O) groups excluding carboxylic acids is 1. The summed E-state index contributed by atoms with van der Waals surface area (Å²) in [6.45, 7) is 1.90. The van der Waals surface area contributed by atoms with Gasteiger partial charge in [0.25, 0.3) is 0 Å². The van der Waals surface area contributed by atoms with Crippen LogP contribution in [0.2, 0.25) is 0 Å². The zero-order chi connectivity index (χ0) is 12.1. The maximum Gasteiger partial charge on any atom is 0.142 e. The molecule has 88 valence electrons. The number of carbonyl (C=O) groups is 1. The molecule has 2 rings (SSSR count). The number of hydrogen-bond donors (Lipinski definition) is 0. The van der Waals surface area contributed by atoms with E-state index in [0.29, 0.717) is 12.8 Å². The van der Waals surface area contributed by atoms with Gasteiger partial charge in [0, 0.05) is 19.0 Å². The molecular weight excluding hydrogens is 214 g/mol. The lowest BCUT2D eigenvalue weighted by molar-refractivity contribution is -0.120. The average molecular weight is 229 g/mol. The molecule has 0 saturated carbocycles. The Balaban J connectivity index is 1.92. The van der Waals surface area contributed by atoms with Crippen molar-refractivity contribution in [3.63, 3.8) is 0 Å². The molecule has 2 heterocycles. The van der Waals surface area contributed by atoms with Crippen molar-refractivity contribution in [2.45, 2.75) is 25.7 Å². The van der Waals surface area contributed by atoms with E-state index in [2.05, 4.69) is 4.98 Å². The maximum atomic E-state index is 12.0. The zero-order valence-corrected chi connectivity index (χ0v) is 9.80. The van der Waals surface area contributed by atoms with E-state index in [0.717, 1.165) is 11.5 Å². The van der Waals surface area contributed by atoms with Gasteiger partial charge in [0.2, 0.25) is 0 Å². The van der Waals surface area contributed by atoms with Crippen molar-refractivity contribution in [3.8, 4) is 0 Å². The number of furan rings is 1. The van der Waals surface area contributed by atoms with Gasteiger partial charge in [-0.05, 0) is 31.2 Å². The SMILES string of the molecule is CC(C(=O)CCc1ccco1)c1ccccn1. The molecule has 2 aromatic rings. The van der Waals surface area contributed by atoms with E-state index in [1.807, 2.05) is 37.3 Å². The predicted octanol–water partition coefficient (Wildman–Crippen LogP) is 2.98. The second-order valence-corrected chi connectivity index (χ2v) is 4.02. The molecule has 0 amide bonds. The van der Waals surface area contributed by atoms with Crippen molar-refractivity contribution in [2.24, 2.45) is 0 Å². The third-order valence-electron chi connectivity index (χ3n) is 2.81. The van der Waals surface area contributed by atoms with E-state index < -0.39 is 0 Å². The average Bonchev–Trinajstić information content (AvgIpc) is 2.89. The molecule has 0 aliphatic heterocycles. The summed E-state index contributed by atoms with van der Waals surface area (Å²) in [6.07, 6.45) is 4.49. The first-order valence-electron chi connectivity index (χ1n) is 5.73. The molecular formula is C14H15NO2. The largest absolute Gasteiger partial charge is 0.469 e. The highest BCUT2D eigenvalue weighted by Crippen LogP contribution is 2.16. The van der Waals surface area contributed by atoms with Crippen LogP contribution in [0.15, 0.2) is 47.2 Å². The molecule has 0 aliphatic carbocycles. The highest BCUT2D eigenvalue weighted by molar-refractivity contribution is 5.84. The van der Waals surface area contributed by atoms with Crippen LogP contribution in [-0.2, 0) is 11.2 Å². The fourth-order valence-electron chi connectivity index (χ4n) is 1.71. The molecule has 0 radical (unpaired) electrons. The fourth-order valence-corrected chi connectivity index (χ4v) is 1.71. The number of ketones is 1. The van der Waals surface area contributed by atoms with Gasteiger partial charge in [-0.1, -0.05) is 6.07 Å². The third-order valence-corrected chi connectivity index (χ3v) is 2.81. The lowest BCUT2D eigenvalue weighted by atomic mass is 9.98. The molecule has 0 bridgehead atoms. The Hall–Kier alpha value is -1.90. The fraction of sp³-hybridized carbons (Fsp3) is 0.286. The highest BCUT2D eigenvalue weighted by atomic mass is 16.3. The standard InChI is InChI=1S/C14H15NO2/c1-11(13-6-2-3-9-15-13)14(16)8-7-12-5-4-10-17-12/h2-6,9-11H,7-8H2,1H3. The molecule has 2 aromatic heterocycles. The van der Waals surface area contributed by atoms with Crippen molar-refractivity contribution in [1.82, 2.24) is 4.98 Å². The predicted molar refractivity (Wildman–Crippen MR) is 64.7 cm³/mol. The molecule has 0 saturated heterocycles. The summed E-state index contributed by atoms with van der Waals surface area (Å²) in [5.41, 5.74) is 0.831. The van der Waals surface area contributed by atoms with E-state index in [9.17, 15) is 4.79 Å². The van der Waals surface area contributed by atoms with E-state index in [-0.39, 0.29) is 11.7 Å². The Kier molecular flexibility index (Phi) is 3.70. The molecule has 17 heavy (non-hydrogen) atoms. The molecule has 0 fully saturated rings. The monoisotopic (exact) mass is 229 g/mol. The van der Waals surface area contributed by atoms with Gasteiger partial charge in [-0.3, -0.25) is 9.78 Å². The lowest BCUT2D eigenvalue weighted by Gasteiger charge is -2.08. The van der Waals surface area contributed by atoms with Crippen LogP contribution in [0.25, 0.3) is 0 Å². The Morgan fingerprint density at radius 3 is 2.88 bits per heavy atom. The van der Waals surface area contributed by atoms with Crippen LogP contribution in [0.1, 0.15) is 30.7 Å². The summed E-state index contributed by atoms with van der Waals surface area (Å²) >= 11 is 0. The van der Waals surface area contributed by atoms with Crippen LogP contribution in [0, 0.1) is 0 Å². The second kappa shape index (κ2) is 5.43. The highest BCUT2D eigenvalue weighted by Gasteiger charge is 2.16. The Morgan fingerprint density at radius 2 is 2.24 bits per heavy atom. The van der Waals surface area contributed by atoms with Crippen LogP contribution >= 0.6 is 0 Å². The smallest absolute Gasteiger partial charge is 0.142 e. The van der Waals surface area contributed by atoms with Crippen molar-refractivity contribution >= 4 is 5.78 Å². The van der Waals surface area contributed by atoms with E-state index in [1.54, 1.807) is 12.5 Å². The Labute approximate surface area is 100 Å². The van der Waals surface area contributed by atoms with Crippen molar-refractivity contribution < 1.29 is 9.21 Å². The molecule has 1 unspecified atom stereocenters. The molecule has 3 nitrogen and oxygen atoms in total. The van der Waals surface area contributed by atoms with Crippen molar-refractivity contribution in [3.05, 3.63) is 54.2 Å². The van der Waals surface area contributed by atoms with E-state index in [1.165, 1.54) is 0 Å². The first-order chi connectivity index (χ1) is 8.27. The summed E-state index contributed by atoms with van der Waals surface area (Å²) in [5, 5.41) is 0. The quantitative estimate of drug-likeness (QED) is 0.791. The Morgan fingerprint density at radius 1 is 1.35 bits per heavy atom. The van der Waals surface area contributed by atoms with Gasteiger partial charge in [0.05, 0.1) is 17.9 Å². The third kappa shape index (κ3) is 3.03. The molecule has 3 heteroatoms. The number of hydrogen-bond acceptors (Lipinski definition) is 3. The van der Waals surface area contributed by atoms with Crippen LogP contribution in [0.4, 0.5) is 0 Å². The van der Waals surface area contributed by atoms with Crippen LogP contribution in [-0.4, -0.2) is 10.8 Å². The summed E-state index contributed by atoms with van der Waals surface area (Å²) in [4.78, 5) is 16.2. The van der Waals surface area contributed by atoms with Crippen LogP contribution in [0.5, 0.6) is 0 Å². The maximum absolute atomic E-state index is 12.0. The number of rotatable bonds is 5. The molecule has 0 aliphatic rings. The normalized spacial score (nSPS) is 12.3. The van der Waals surface area contributed by atoms with Gasteiger partial charge in [-0.2, -0.15) is 0 Å². The van der Waals surface area contributed by atoms with Crippen molar-refractivity contribution in [2.75, 3.05) is 0 Å². The van der Waals surface area contributed by atoms with Gasteiger partial charge in [-0.25, -0.2) is 0 Å². The molecule has 0 N–H and O–H groups in total. The number of aromatic nitrogens is 1. The number of pyridine rings is 1. The minimum atomic E-state index is -0.147. The Bertz CT molecular complexity index is 462. The zero-order valence-electron chi connectivity index (χ0n) is 9.80. The number of aryl methyl sites for hydroxylation is 1. The minimum absolute atomic E-state index is 0.147. The number of Topliss-reactive ketones (excluding diaryl/α,β-unsaturated/α-hetero) is 1. The summed E-state index contributed by atoms with van der Waals surface area (Å²) in [6, 6.07) is 9.36. The van der Waals surface area contributed by atoms with Gasteiger partial charge >= 0.3 is 0 Å². The van der Waals surface area contributed by atoms with Crippen molar-refractivity contribution in [1.29, 1.82) is 0 Å². The summed E-state index contributed by atoms with van der Waals surface area (Å²) < 4.78 is 5.20. The molecule has 0 aromatic carbocycles. The minimum Gasteiger partial charge on any atom is -0.469 e. The van der Waals surface area contributed by atoms with Gasteiger partial charge in [0.1, 0.15) is 11.5 Å². The van der Waals surface area contributed by atoms with E-state index in [4.69, 9.17) is 4.42 Å². The van der Waals surface area contributed by atoms with Crippen LogP contribution in [0.3, 0.4) is 0 Å². The number of nitrogens with zero attached hydrogens (tertiary/aromatic N) is 1. The van der Waals surface area contributed by atoms with Gasteiger partial charge < -0.3 is 4.42 Å².